The van der Waals surface area contributed by atoms with E-state index in [1.54, 1.807) is 0 Å². The van der Waals surface area contributed by atoms with Crippen LogP contribution in [0.3, 0.4) is 0 Å². The number of urea groups is 1. The van der Waals surface area contributed by atoms with Crippen molar-refractivity contribution in [3.8, 4) is 0 Å². The van der Waals surface area contributed by atoms with Gasteiger partial charge in [-0.05, 0) is 25.7 Å². The van der Waals surface area contributed by atoms with E-state index in [0.717, 1.165) is 30.4 Å². The zero-order chi connectivity index (χ0) is 13.3. The molecule has 2 fully saturated rings. The third-order valence-corrected chi connectivity index (χ3v) is 5.62. The van der Waals surface area contributed by atoms with Gasteiger partial charge >= 0.3 is 6.03 Å². The topological polar surface area (TPSA) is 41.1 Å². The fourth-order valence-corrected chi connectivity index (χ4v) is 4.33. The maximum atomic E-state index is 11.7. The van der Waals surface area contributed by atoms with E-state index in [1.807, 2.05) is 11.8 Å². The number of nitrogens with one attached hydrogen (secondary N) is 2. The molecular weight excluding hydrogens is 256 g/mol. The van der Waals surface area contributed by atoms with E-state index < -0.39 is 0 Å². The Balaban J connectivity index is 1.48. The summed E-state index contributed by atoms with van der Waals surface area (Å²) in [4.78, 5) is 11.7. The van der Waals surface area contributed by atoms with Crippen LogP contribution in [-0.4, -0.2) is 29.6 Å². The molecule has 2 N–H and O–H groups in total. The van der Waals surface area contributed by atoms with Crippen LogP contribution in [0.2, 0.25) is 0 Å². The molecule has 2 aliphatic carbocycles. The van der Waals surface area contributed by atoms with E-state index >= 15 is 0 Å². The Morgan fingerprint density at radius 2 is 1.58 bits per heavy atom. The normalized spacial score (nSPS) is 22.1. The molecule has 110 valence electrons. The molecule has 0 bridgehead atoms. The lowest BCUT2D eigenvalue weighted by Gasteiger charge is -2.23. The van der Waals surface area contributed by atoms with Crippen molar-refractivity contribution in [1.29, 1.82) is 0 Å². The van der Waals surface area contributed by atoms with Crippen LogP contribution in [0.25, 0.3) is 0 Å². The van der Waals surface area contributed by atoms with Crippen molar-refractivity contribution in [2.45, 2.75) is 75.5 Å². The third kappa shape index (κ3) is 6.07. The summed E-state index contributed by atoms with van der Waals surface area (Å²) < 4.78 is 0. The molecule has 0 aromatic rings. The minimum Gasteiger partial charge on any atom is -0.337 e. The van der Waals surface area contributed by atoms with Crippen LogP contribution in [-0.2, 0) is 0 Å². The molecule has 2 rings (SSSR count). The molecule has 0 radical (unpaired) electrons. The van der Waals surface area contributed by atoms with Crippen molar-refractivity contribution in [2.75, 3.05) is 12.3 Å². The Hall–Kier alpha value is -0.380. The van der Waals surface area contributed by atoms with E-state index in [9.17, 15) is 4.79 Å². The Morgan fingerprint density at radius 3 is 2.26 bits per heavy atom. The molecule has 3 nitrogen and oxygen atoms in total. The smallest absolute Gasteiger partial charge is 0.315 e. The summed E-state index contributed by atoms with van der Waals surface area (Å²) in [6.45, 7) is 0.805. The first-order valence-electron chi connectivity index (χ1n) is 8.00. The number of carbonyl (C=O) groups is 1. The highest BCUT2D eigenvalue weighted by molar-refractivity contribution is 7.99. The maximum absolute atomic E-state index is 11.7. The molecule has 0 spiro atoms. The summed E-state index contributed by atoms with van der Waals surface area (Å²) in [6.07, 6.45) is 13.1. The van der Waals surface area contributed by atoms with Crippen molar-refractivity contribution in [3.63, 3.8) is 0 Å². The molecule has 2 saturated carbocycles. The van der Waals surface area contributed by atoms with E-state index in [0.29, 0.717) is 6.04 Å². The Bertz CT molecular complexity index is 261. The molecule has 19 heavy (non-hydrogen) atoms. The highest BCUT2D eigenvalue weighted by Crippen LogP contribution is 2.27. The molecular formula is C15H28N2OS. The van der Waals surface area contributed by atoms with Crippen molar-refractivity contribution in [3.05, 3.63) is 0 Å². The second kappa shape index (κ2) is 8.72. The predicted molar refractivity (Wildman–Crippen MR) is 82.7 cm³/mol. The van der Waals surface area contributed by atoms with Gasteiger partial charge in [0.05, 0.1) is 0 Å². The van der Waals surface area contributed by atoms with Crippen LogP contribution in [0.1, 0.15) is 64.2 Å². The van der Waals surface area contributed by atoms with Crippen LogP contribution in [0, 0.1) is 0 Å². The van der Waals surface area contributed by atoms with Crippen LogP contribution >= 0.6 is 11.8 Å². The van der Waals surface area contributed by atoms with Crippen molar-refractivity contribution in [2.24, 2.45) is 0 Å². The van der Waals surface area contributed by atoms with Crippen molar-refractivity contribution in [1.82, 2.24) is 10.6 Å². The van der Waals surface area contributed by atoms with E-state index in [-0.39, 0.29) is 6.03 Å². The van der Waals surface area contributed by atoms with Gasteiger partial charge in [0.25, 0.3) is 0 Å². The van der Waals surface area contributed by atoms with Crippen molar-refractivity contribution < 1.29 is 4.79 Å². The lowest BCUT2D eigenvalue weighted by atomic mass is 9.96. The average molecular weight is 284 g/mol. The number of rotatable bonds is 5. The first-order chi connectivity index (χ1) is 9.34. The summed E-state index contributed by atoms with van der Waals surface area (Å²) in [5.41, 5.74) is 0. The minimum absolute atomic E-state index is 0.0381. The highest BCUT2D eigenvalue weighted by Gasteiger charge is 2.16. The Morgan fingerprint density at radius 1 is 0.947 bits per heavy atom. The summed E-state index contributed by atoms with van der Waals surface area (Å²) in [5.74, 6) is 1.06. The van der Waals surface area contributed by atoms with Crippen LogP contribution in [0.15, 0.2) is 0 Å². The van der Waals surface area contributed by atoms with Gasteiger partial charge in [0, 0.05) is 23.6 Å². The number of hydrogen-bond donors (Lipinski definition) is 2. The lowest BCUT2D eigenvalue weighted by molar-refractivity contribution is 0.233. The van der Waals surface area contributed by atoms with Gasteiger partial charge in [0.1, 0.15) is 0 Å². The van der Waals surface area contributed by atoms with Crippen LogP contribution in [0.4, 0.5) is 4.79 Å². The minimum atomic E-state index is 0.0381. The van der Waals surface area contributed by atoms with E-state index in [2.05, 4.69) is 10.6 Å². The van der Waals surface area contributed by atoms with Gasteiger partial charge in [-0.25, -0.2) is 4.79 Å². The van der Waals surface area contributed by atoms with Crippen molar-refractivity contribution >= 4 is 17.8 Å². The number of thioether (sulfide) groups is 1. The molecule has 0 aliphatic heterocycles. The monoisotopic (exact) mass is 284 g/mol. The van der Waals surface area contributed by atoms with Gasteiger partial charge in [-0.1, -0.05) is 38.5 Å². The van der Waals surface area contributed by atoms with Gasteiger partial charge in [-0.2, -0.15) is 11.8 Å². The Kier molecular flexibility index (Phi) is 6.90. The summed E-state index contributed by atoms with van der Waals surface area (Å²) in [6, 6.07) is 0.455. The molecule has 2 aliphatic rings. The number of amides is 2. The zero-order valence-corrected chi connectivity index (χ0v) is 12.8. The number of hydrogen-bond acceptors (Lipinski definition) is 2. The van der Waals surface area contributed by atoms with Crippen LogP contribution in [0.5, 0.6) is 0 Å². The van der Waals surface area contributed by atoms with Gasteiger partial charge < -0.3 is 10.6 Å². The molecule has 4 heteroatoms. The maximum Gasteiger partial charge on any atom is 0.315 e. The summed E-state index contributed by atoms with van der Waals surface area (Å²) in [7, 11) is 0. The van der Waals surface area contributed by atoms with E-state index in [1.165, 1.54) is 51.4 Å². The lowest BCUT2D eigenvalue weighted by Crippen LogP contribution is -2.43. The highest BCUT2D eigenvalue weighted by atomic mass is 32.2. The molecule has 0 heterocycles. The van der Waals surface area contributed by atoms with Crippen LogP contribution < -0.4 is 10.6 Å². The fourth-order valence-electron chi connectivity index (χ4n) is 3.11. The second-order valence-electron chi connectivity index (χ2n) is 5.87. The molecule has 0 atom stereocenters. The first kappa shape index (κ1) is 15.0. The Labute approximate surface area is 121 Å². The quantitative estimate of drug-likeness (QED) is 0.756. The predicted octanol–water partition coefficient (Wildman–Crippen LogP) is 3.68. The largest absolute Gasteiger partial charge is 0.337 e. The second-order valence-corrected chi connectivity index (χ2v) is 7.27. The average Bonchev–Trinajstić information content (AvgIpc) is 2.46. The molecule has 0 aromatic heterocycles. The molecule has 0 saturated heterocycles. The molecule has 0 unspecified atom stereocenters. The zero-order valence-electron chi connectivity index (χ0n) is 12.0. The third-order valence-electron chi connectivity index (χ3n) is 4.23. The van der Waals surface area contributed by atoms with Gasteiger partial charge in [-0.3, -0.25) is 0 Å². The molecule has 2 amide bonds. The summed E-state index contributed by atoms with van der Waals surface area (Å²) >= 11 is 2.04. The SMILES string of the molecule is O=C(NCCSC1CCCCC1)NC1CCCCC1. The first-order valence-corrected chi connectivity index (χ1v) is 9.05. The van der Waals surface area contributed by atoms with Gasteiger partial charge in [0.15, 0.2) is 0 Å². The van der Waals surface area contributed by atoms with E-state index in [4.69, 9.17) is 0 Å². The summed E-state index contributed by atoms with van der Waals surface area (Å²) in [5, 5.41) is 6.94. The van der Waals surface area contributed by atoms with Gasteiger partial charge in [0.2, 0.25) is 0 Å². The standard InChI is InChI=1S/C15H28N2OS/c18-15(17-13-7-3-1-4-8-13)16-11-12-19-14-9-5-2-6-10-14/h13-14H,1-12H2,(H2,16,17,18). The van der Waals surface area contributed by atoms with Gasteiger partial charge in [-0.15, -0.1) is 0 Å². The number of carbonyl (C=O) groups excluding carboxylic acids is 1. The molecule has 0 aromatic carbocycles. The fraction of sp³-hybridized carbons (Fsp3) is 0.933.